The molecule has 0 bridgehead atoms. The van der Waals surface area contributed by atoms with Gasteiger partial charge in [-0.25, -0.2) is 4.79 Å². The highest BCUT2D eigenvalue weighted by Gasteiger charge is 2.37. The van der Waals surface area contributed by atoms with Crippen LogP contribution in [-0.2, 0) is 56.0 Å². The van der Waals surface area contributed by atoms with Crippen molar-refractivity contribution in [1.29, 1.82) is 5.41 Å². The minimum absolute atomic E-state index is 0.00635. The molecule has 1 aliphatic heterocycles. The van der Waals surface area contributed by atoms with E-state index in [4.69, 9.17) is 16.9 Å². The number of aliphatic imine (C=N–C) groups is 1. The minimum Gasteiger partial charge on any atom is -0.380 e. The van der Waals surface area contributed by atoms with Gasteiger partial charge < -0.3 is 69.6 Å². The van der Waals surface area contributed by atoms with E-state index in [0.29, 0.717) is 16.0 Å². The molecule has 0 spiro atoms. The number of aromatic nitrogens is 1. The van der Waals surface area contributed by atoms with Crippen molar-refractivity contribution in [3.8, 4) is 0 Å². The maximum Gasteiger partial charge on any atom is 0.325 e. The quantitative estimate of drug-likeness (QED) is 0.0100. The van der Waals surface area contributed by atoms with Crippen LogP contribution < -0.4 is 64.6 Å². The van der Waals surface area contributed by atoms with Crippen LogP contribution in [0.15, 0.2) is 65.8 Å². The molecule has 0 radical (unpaired) electrons. The lowest BCUT2D eigenvalue weighted by Gasteiger charge is -2.27. The van der Waals surface area contributed by atoms with E-state index in [9.17, 15) is 47.9 Å². The summed E-state index contributed by atoms with van der Waals surface area (Å²) in [5, 5.41) is 34.4. The first-order valence-corrected chi connectivity index (χ1v) is 25.6. The summed E-state index contributed by atoms with van der Waals surface area (Å²) in [6.45, 7) is 2.45. The number of carbonyl (C=O) groups excluding carboxylic acids is 10. The van der Waals surface area contributed by atoms with Crippen LogP contribution in [0, 0.1) is 5.41 Å². The van der Waals surface area contributed by atoms with Crippen molar-refractivity contribution in [2.75, 3.05) is 38.2 Å². The number of rotatable bonds is 31. The highest BCUT2D eigenvalue weighted by molar-refractivity contribution is 7.80. The van der Waals surface area contributed by atoms with E-state index < -0.39 is 114 Å². The number of carbonyl (C=O) groups is 10. The average molecular weight is 1090 g/mol. The number of imide groups is 1. The van der Waals surface area contributed by atoms with Crippen LogP contribution in [0.4, 0.5) is 4.79 Å². The molecule has 2 heterocycles. The molecular weight excluding hydrogens is 1020 g/mol. The van der Waals surface area contributed by atoms with Gasteiger partial charge >= 0.3 is 6.03 Å². The zero-order valence-electron chi connectivity index (χ0n) is 42.3. The van der Waals surface area contributed by atoms with Gasteiger partial charge in [0, 0.05) is 61.6 Å². The standard InChI is InChI=1S/C48H68N16O10S2/c1-26(56-45(72)37(24-76)58-38(65)22-64-46(73)27(2)57-48(64)74)40(67)59-32(15-9-17-53-25-52-3)41(68)61-34(19-28-11-5-4-6-12-28)43(70)60-33(16-10-18-54-47(50)51)42(69)62-35(44(71)63-36(23-75)39(49)66)20-29-21-55-31-14-8-7-13-30(29)31/h4-8,11-14,21,25-27,32-37,55,75-76H,9-10,15-20,22-24H2,1-3H3,(H2,49,66)(H,52,53)(H,56,72)(H,57,74)(H,58,65)(H,59,67)(H,60,70)(H,61,68)(H,62,69)(H,63,71)(H4,50,51,54)/t26-,27-,32+,33+,34-,35+,36+,37+/m1/s1. The highest BCUT2D eigenvalue weighted by Crippen LogP contribution is 2.20. The number of hydrogen-bond acceptors (Lipinski definition) is 14. The molecule has 412 valence electrons. The molecular formula is C48H68N16O10S2. The van der Waals surface area contributed by atoms with Crippen molar-refractivity contribution >= 4 is 108 Å². The van der Waals surface area contributed by atoms with Gasteiger partial charge in [-0.15, -0.1) is 0 Å². The maximum atomic E-state index is 14.6. The Balaban J connectivity index is 1.58. The molecule has 76 heavy (non-hydrogen) atoms. The summed E-state index contributed by atoms with van der Waals surface area (Å²) in [5.41, 5.74) is 13.0. The van der Waals surface area contributed by atoms with E-state index in [2.05, 4.69) is 88.4 Å². The monoisotopic (exact) mass is 1090 g/mol. The Morgan fingerprint density at radius 2 is 1.28 bits per heavy atom. The van der Waals surface area contributed by atoms with Gasteiger partial charge in [-0.3, -0.25) is 58.5 Å². The Labute approximate surface area is 449 Å². The number of guanidine groups is 1. The molecule has 0 aliphatic carbocycles. The summed E-state index contributed by atoms with van der Waals surface area (Å²) >= 11 is 8.29. The lowest BCUT2D eigenvalue weighted by atomic mass is 10.0. The average Bonchev–Trinajstić information content (AvgIpc) is 3.90. The molecule has 8 atom stereocenters. The summed E-state index contributed by atoms with van der Waals surface area (Å²) in [4.78, 5) is 142. The molecule has 1 aromatic heterocycles. The van der Waals surface area contributed by atoms with Crippen molar-refractivity contribution in [3.63, 3.8) is 0 Å². The summed E-state index contributed by atoms with van der Waals surface area (Å²) in [7, 11) is 1.65. The lowest BCUT2D eigenvalue weighted by Crippen LogP contribution is -2.60. The molecule has 3 aromatic rings. The van der Waals surface area contributed by atoms with Gasteiger partial charge in [-0.2, -0.15) is 25.3 Å². The third-order valence-electron chi connectivity index (χ3n) is 11.9. The number of nitrogens with one attached hydrogen (secondary N) is 12. The van der Waals surface area contributed by atoms with Gasteiger partial charge in [-0.05, 0) is 56.7 Å². The van der Waals surface area contributed by atoms with Crippen LogP contribution in [0.1, 0.15) is 50.7 Å². The third-order valence-corrected chi connectivity index (χ3v) is 12.6. The number of urea groups is 1. The summed E-state index contributed by atoms with van der Waals surface area (Å²) < 4.78 is 0. The van der Waals surface area contributed by atoms with Gasteiger partial charge in [0.05, 0.1) is 6.34 Å². The Hall–Kier alpha value is -7.88. The molecule has 16 N–H and O–H groups in total. The van der Waals surface area contributed by atoms with E-state index >= 15 is 0 Å². The number of nitrogens with zero attached hydrogens (tertiary/aromatic N) is 2. The van der Waals surface area contributed by atoms with Crippen LogP contribution in [-0.4, -0.2) is 168 Å². The number of fused-ring (bicyclic) bond motifs is 1. The minimum atomic E-state index is -1.39. The molecule has 1 fully saturated rings. The zero-order chi connectivity index (χ0) is 55.9. The van der Waals surface area contributed by atoms with Gasteiger partial charge in [0.15, 0.2) is 5.96 Å². The molecule has 28 heteroatoms. The fourth-order valence-corrected chi connectivity index (χ4v) is 8.28. The van der Waals surface area contributed by atoms with Crippen LogP contribution in [0.25, 0.3) is 10.9 Å². The van der Waals surface area contributed by atoms with E-state index in [1.54, 1.807) is 49.6 Å². The van der Waals surface area contributed by atoms with Gasteiger partial charge in [-0.1, -0.05) is 48.5 Å². The molecule has 11 amide bonds. The molecule has 1 aliphatic rings. The van der Waals surface area contributed by atoms with E-state index in [-0.39, 0.29) is 69.1 Å². The largest absolute Gasteiger partial charge is 0.380 e. The molecule has 0 unspecified atom stereocenters. The Morgan fingerprint density at radius 3 is 1.87 bits per heavy atom. The van der Waals surface area contributed by atoms with Crippen LogP contribution in [0.5, 0.6) is 0 Å². The van der Waals surface area contributed by atoms with Gasteiger partial charge in [0.1, 0.15) is 54.9 Å². The second-order valence-electron chi connectivity index (χ2n) is 17.7. The van der Waals surface area contributed by atoms with Crippen molar-refractivity contribution in [3.05, 3.63) is 71.9 Å². The highest BCUT2D eigenvalue weighted by atomic mass is 32.1. The van der Waals surface area contributed by atoms with Crippen LogP contribution in [0.3, 0.4) is 0 Å². The number of hydrogen-bond donors (Lipinski definition) is 16. The predicted molar refractivity (Wildman–Crippen MR) is 289 cm³/mol. The molecule has 0 saturated carbocycles. The number of H-pyrrole nitrogens is 1. The van der Waals surface area contributed by atoms with Gasteiger partial charge in [0.25, 0.3) is 5.91 Å². The number of benzene rings is 2. The second kappa shape index (κ2) is 30.5. The Morgan fingerprint density at radius 1 is 0.724 bits per heavy atom. The van der Waals surface area contributed by atoms with Crippen LogP contribution in [0.2, 0.25) is 0 Å². The summed E-state index contributed by atoms with van der Waals surface area (Å²) in [6.07, 6.45) is 3.32. The van der Waals surface area contributed by atoms with Crippen molar-refractivity contribution < 1.29 is 47.9 Å². The summed E-state index contributed by atoms with van der Waals surface area (Å²) in [6, 6.07) is 5.11. The first-order valence-electron chi connectivity index (χ1n) is 24.3. The first kappa shape index (κ1) is 60.7. The van der Waals surface area contributed by atoms with E-state index in [0.717, 1.165) is 10.9 Å². The molecule has 2 aromatic carbocycles. The smallest absolute Gasteiger partial charge is 0.325 e. The number of primary amides is 1. The van der Waals surface area contributed by atoms with E-state index in [1.165, 1.54) is 20.2 Å². The topological polar surface area (TPSA) is 398 Å². The van der Waals surface area contributed by atoms with Crippen molar-refractivity contribution in [2.45, 2.75) is 101 Å². The molecule has 26 nitrogen and oxygen atoms in total. The molecule has 4 rings (SSSR count). The SMILES string of the molecule is CN/C=N\CCC[C@H](NC(=O)[C@@H](C)NC(=O)[C@H](CS)NC(=O)CN1C(=O)N[C@H](C)C1=O)C(=O)N[C@H](Cc1ccccc1)C(=O)N[C@@H](CCCNC(=N)N)C(=O)N[C@@H](Cc1c[nH]c2ccccc12)C(=O)N[C@@H](CS)C(N)=O. The number of para-hydroxylation sites is 1. The normalized spacial score (nSPS) is 15.9. The first-order chi connectivity index (χ1) is 36.3. The fourth-order valence-electron chi connectivity index (χ4n) is 7.76. The van der Waals surface area contributed by atoms with Crippen LogP contribution >= 0.6 is 25.3 Å². The number of aromatic amines is 1. The zero-order valence-corrected chi connectivity index (χ0v) is 44.1. The van der Waals surface area contributed by atoms with Crippen molar-refractivity contribution in [2.24, 2.45) is 16.5 Å². The second-order valence-corrected chi connectivity index (χ2v) is 18.5. The van der Waals surface area contributed by atoms with Gasteiger partial charge in [0.2, 0.25) is 47.3 Å². The molecule has 1 saturated heterocycles. The Kier molecular flexibility index (Phi) is 24.3. The predicted octanol–water partition coefficient (Wildman–Crippen LogP) is -3.06. The Bertz CT molecular complexity index is 2590. The maximum absolute atomic E-state index is 14.6. The number of thiol groups is 2. The lowest BCUT2D eigenvalue weighted by molar-refractivity contribution is -0.135. The van der Waals surface area contributed by atoms with E-state index in [1.807, 2.05) is 18.2 Å². The number of nitrogens with two attached hydrogens (primary N) is 2. The summed E-state index contributed by atoms with van der Waals surface area (Å²) in [5.74, 6) is -7.92. The van der Waals surface area contributed by atoms with Crippen molar-refractivity contribution in [1.82, 2.24) is 63.1 Å². The third kappa shape index (κ3) is 18.8. The number of amides is 11. The fraction of sp³-hybridized carbons (Fsp3) is 0.458.